The first-order chi connectivity index (χ1) is 22.5. The summed E-state index contributed by atoms with van der Waals surface area (Å²) in [5.41, 5.74) is 4.53. The molecule has 3 aromatic carbocycles. The van der Waals surface area contributed by atoms with Crippen molar-refractivity contribution in [3.8, 4) is 5.75 Å². The predicted octanol–water partition coefficient (Wildman–Crippen LogP) is 8.34. The van der Waals surface area contributed by atoms with Crippen molar-refractivity contribution in [2.24, 2.45) is 27.1 Å². The average molecular weight is 698 g/mol. The lowest BCUT2D eigenvalue weighted by atomic mass is 9.73. The van der Waals surface area contributed by atoms with Crippen LogP contribution in [0.4, 0.5) is 22.7 Å². The normalized spacial score (nSPS) is 26.2. The van der Waals surface area contributed by atoms with Crippen LogP contribution >= 0.6 is 34.8 Å². The molecule has 6 rings (SSSR count). The fraction of sp³-hybridized carbons (Fsp3) is 0.382. The SMILES string of the molecule is CCN(C(=O)C1OC12CCC(C)CC2C)c1cccc(N=C2NN(c3c(Cl)cc(Cl)cc3Cl)C(=O)C2N=Nc2ccc(OC)cc2)c1. The van der Waals surface area contributed by atoms with E-state index in [1.54, 1.807) is 48.4 Å². The summed E-state index contributed by atoms with van der Waals surface area (Å²) in [5.74, 6) is 1.24. The van der Waals surface area contributed by atoms with Crippen molar-refractivity contribution >= 4 is 75.2 Å². The molecule has 5 atom stereocenters. The van der Waals surface area contributed by atoms with Crippen LogP contribution in [0, 0.1) is 11.8 Å². The number of nitrogens with zero attached hydrogens (tertiary/aromatic N) is 5. The molecular formula is C34H35Cl3N6O4. The molecule has 10 nitrogen and oxygen atoms in total. The predicted molar refractivity (Wildman–Crippen MR) is 185 cm³/mol. The zero-order chi connectivity index (χ0) is 33.5. The zero-order valence-corrected chi connectivity index (χ0v) is 28.7. The highest BCUT2D eigenvalue weighted by Gasteiger charge is 2.65. The lowest BCUT2D eigenvalue weighted by molar-refractivity contribution is -0.120. The van der Waals surface area contributed by atoms with Crippen molar-refractivity contribution in [3.05, 3.63) is 75.7 Å². The first kappa shape index (κ1) is 33.2. The zero-order valence-electron chi connectivity index (χ0n) is 26.4. The molecule has 3 aromatic rings. The number of anilines is 2. The third-order valence-electron chi connectivity index (χ3n) is 9.05. The van der Waals surface area contributed by atoms with E-state index in [9.17, 15) is 9.59 Å². The molecule has 2 amide bonds. The van der Waals surface area contributed by atoms with Crippen LogP contribution in [0.3, 0.4) is 0 Å². The molecule has 1 aliphatic carbocycles. The van der Waals surface area contributed by atoms with Crippen LogP contribution in [-0.2, 0) is 14.3 Å². The monoisotopic (exact) mass is 696 g/mol. The number of ether oxygens (including phenoxy) is 2. The fourth-order valence-corrected chi connectivity index (χ4v) is 7.46. The van der Waals surface area contributed by atoms with E-state index in [2.05, 4.69) is 29.5 Å². The number of carbonyl (C=O) groups excluding carboxylic acids is 2. The molecule has 5 unspecified atom stereocenters. The number of carbonyl (C=O) groups is 2. The molecule has 3 fully saturated rings. The highest BCUT2D eigenvalue weighted by Crippen LogP contribution is 2.53. The molecule has 2 aliphatic heterocycles. The Labute approximate surface area is 288 Å². The maximum absolute atomic E-state index is 13.8. The Kier molecular flexibility index (Phi) is 9.49. The van der Waals surface area contributed by atoms with E-state index in [-0.39, 0.29) is 33.1 Å². The number of epoxide rings is 1. The Bertz CT molecular complexity index is 1730. The molecule has 13 heteroatoms. The fourth-order valence-electron chi connectivity index (χ4n) is 6.47. The number of likely N-dealkylation sites (N-methyl/N-ethyl adjacent to an activating group) is 1. The lowest BCUT2D eigenvalue weighted by Crippen LogP contribution is -2.40. The summed E-state index contributed by atoms with van der Waals surface area (Å²) in [6.07, 6.45) is 2.54. The van der Waals surface area contributed by atoms with E-state index >= 15 is 0 Å². The van der Waals surface area contributed by atoms with Gasteiger partial charge in [0.25, 0.3) is 11.8 Å². The Hall–Kier alpha value is -3.70. The van der Waals surface area contributed by atoms with Crippen molar-refractivity contribution in [3.63, 3.8) is 0 Å². The largest absolute Gasteiger partial charge is 0.497 e. The van der Waals surface area contributed by atoms with E-state index in [0.717, 1.165) is 19.3 Å². The third kappa shape index (κ3) is 6.56. The quantitative estimate of drug-likeness (QED) is 0.188. The molecule has 0 bridgehead atoms. The number of rotatable bonds is 8. The number of hydrogen-bond acceptors (Lipinski definition) is 7. The number of benzene rings is 3. The number of amidine groups is 1. The minimum absolute atomic E-state index is 0.0581. The Balaban J connectivity index is 1.30. The molecular weight excluding hydrogens is 663 g/mol. The van der Waals surface area contributed by atoms with Crippen LogP contribution in [0.1, 0.15) is 40.0 Å². The Morgan fingerprint density at radius 1 is 1.09 bits per heavy atom. The highest BCUT2D eigenvalue weighted by molar-refractivity contribution is 6.43. The second-order valence-corrected chi connectivity index (χ2v) is 13.4. The summed E-state index contributed by atoms with van der Waals surface area (Å²) in [7, 11) is 1.57. The van der Waals surface area contributed by atoms with Crippen LogP contribution in [-0.4, -0.2) is 49.1 Å². The molecule has 2 saturated heterocycles. The lowest BCUT2D eigenvalue weighted by Gasteiger charge is -2.31. The number of azo groups is 1. The minimum Gasteiger partial charge on any atom is -0.497 e. The summed E-state index contributed by atoms with van der Waals surface area (Å²) in [4.78, 5) is 34.1. The Morgan fingerprint density at radius 3 is 2.47 bits per heavy atom. The summed E-state index contributed by atoms with van der Waals surface area (Å²) < 4.78 is 11.4. The molecule has 3 aliphatic rings. The van der Waals surface area contributed by atoms with Crippen molar-refractivity contribution in [2.75, 3.05) is 23.6 Å². The van der Waals surface area contributed by atoms with Crippen LogP contribution in [0.2, 0.25) is 15.1 Å². The molecule has 1 spiro atoms. The molecule has 246 valence electrons. The number of nitrogens with one attached hydrogen (secondary N) is 1. The van der Waals surface area contributed by atoms with Crippen molar-refractivity contribution in [2.45, 2.75) is 57.8 Å². The van der Waals surface area contributed by atoms with Gasteiger partial charge in [0.1, 0.15) is 17.0 Å². The number of halogens is 3. The molecule has 2 heterocycles. The van der Waals surface area contributed by atoms with Gasteiger partial charge in [-0.3, -0.25) is 15.0 Å². The highest BCUT2D eigenvalue weighted by atomic mass is 35.5. The number of amides is 2. The van der Waals surface area contributed by atoms with Crippen LogP contribution in [0.5, 0.6) is 5.75 Å². The smallest absolute Gasteiger partial charge is 0.280 e. The number of aliphatic imine (C=N–C) groups is 1. The van der Waals surface area contributed by atoms with E-state index in [1.165, 1.54) is 17.1 Å². The van der Waals surface area contributed by atoms with E-state index in [0.29, 0.717) is 46.2 Å². The molecule has 0 aromatic heterocycles. The van der Waals surface area contributed by atoms with Gasteiger partial charge in [0, 0.05) is 17.3 Å². The van der Waals surface area contributed by atoms with Gasteiger partial charge in [-0.05, 0) is 92.6 Å². The third-order valence-corrected chi connectivity index (χ3v) is 9.84. The van der Waals surface area contributed by atoms with Gasteiger partial charge in [0.2, 0.25) is 6.04 Å². The first-order valence-corrected chi connectivity index (χ1v) is 16.7. The number of hydrogen-bond donors (Lipinski definition) is 1. The number of methoxy groups -OCH3 is 1. The van der Waals surface area contributed by atoms with Crippen molar-refractivity contribution in [1.82, 2.24) is 5.43 Å². The van der Waals surface area contributed by atoms with Crippen LogP contribution in [0.25, 0.3) is 0 Å². The van der Waals surface area contributed by atoms with E-state index in [4.69, 9.17) is 49.3 Å². The first-order valence-electron chi connectivity index (χ1n) is 15.5. The van der Waals surface area contributed by atoms with E-state index in [1.807, 2.05) is 19.1 Å². The molecule has 0 radical (unpaired) electrons. The second-order valence-electron chi connectivity index (χ2n) is 12.2. The van der Waals surface area contributed by atoms with Gasteiger partial charge in [-0.15, -0.1) is 0 Å². The van der Waals surface area contributed by atoms with Gasteiger partial charge >= 0.3 is 0 Å². The van der Waals surface area contributed by atoms with E-state index < -0.39 is 18.1 Å². The summed E-state index contributed by atoms with van der Waals surface area (Å²) in [5, 5.41) is 10.5. The summed E-state index contributed by atoms with van der Waals surface area (Å²) >= 11 is 19.1. The minimum atomic E-state index is -1.15. The maximum Gasteiger partial charge on any atom is 0.280 e. The van der Waals surface area contributed by atoms with Crippen molar-refractivity contribution < 1.29 is 19.1 Å². The topological polar surface area (TPSA) is 111 Å². The van der Waals surface area contributed by atoms with Crippen LogP contribution in [0.15, 0.2) is 75.9 Å². The standard InChI is InChI=1S/C34H35Cl3N6O4/c1-5-42(33(45)30-34(47-30)14-13-19(2)15-20(34)3)24-8-6-7-23(18-24)38-31-28(40-39-22-9-11-25(46-4)12-10-22)32(44)43(41-31)29-26(36)16-21(35)17-27(29)37/h6-12,16-20,28,30H,5,13-15H2,1-4H3,(H,38,41). The molecule has 1 saturated carbocycles. The van der Waals surface area contributed by atoms with Gasteiger partial charge in [0.05, 0.1) is 28.5 Å². The van der Waals surface area contributed by atoms with Crippen molar-refractivity contribution in [1.29, 1.82) is 0 Å². The molecule has 47 heavy (non-hydrogen) atoms. The van der Waals surface area contributed by atoms with Gasteiger partial charge < -0.3 is 14.4 Å². The maximum atomic E-state index is 13.8. The molecule has 1 N–H and O–H groups in total. The summed E-state index contributed by atoms with van der Waals surface area (Å²) in [6, 6.07) is 16.0. The van der Waals surface area contributed by atoms with Gasteiger partial charge in [-0.2, -0.15) is 10.2 Å². The van der Waals surface area contributed by atoms with Gasteiger partial charge in [0.15, 0.2) is 11.9 Å². The number of hydrazine groups is 1. The van der Waals surface area contributed by atoms with Gasteiger partial charge in [-0.25, -0.2) is 10.0 Å². The summed E-state index contributed by atoms with van der Waals surface area (Å²) in [6.45, 7) is 6.82. The Morgan fingerprint density at radius 2 is 1.81 bits per heavy atom. The average Bonchev–Trinajstić information content (AvgIpc) is 3.70. The second kappa shape index (κ2) is 13.4. The van der Waals surface area contributed by atoms with Gasteiger partial charge in [-0.1, -0.05) is 54.7 Å². The van der Waals surface area contributed by atoms with Crippen LogP contribution < -0.4 is 20.1 Å².